The number of carbonyl (C=O) groups excluding carboxylic acids is 1. The number of carbonyl (C=O) groups is 1. The van der Waals surface area contributed by atoms with Crippen LogP contribution >= 0.6 is 0 Å². The number of halogens is 1. The lowest BCUT2D eigenvalue weighted by atomic mass is 10.1. The third kappa shape index (κ3) is 3.30. The van der Waals surface area contributed by atoms with Gasteiger partial charge >= 0.3 is 0 Å². The van der Waals surface area contributed by atoms with Gasteiger partial charge in [0.2, 0.25) is 0 Å². The van der Waals surface area contributed by atoms with Crippen LogP contribution in [0.3, 0.4) is 0 Å². The van der Waals surface area contributed by atoms with Crippen LogP contribution in [0.5, 0.6) is 5.75 Å². The van der Waals surface area contributed by atoms with Crippen LogP contribution in [0.4, 0.5) is 15.8 Å². The molecule has 0 fully saturated rings. The van der Waals surface area contributed by atoms with Gasteiger partial charge in [0.25, 0.3) is 5.91 Å². The van der Waals surface area contributed by atoms with Gasteiger partial charge in [-0.1, -0.05) is 13.8 Å². The first-order chi connectivity index (χ1) is 8.95. The lowest BCUT2D eigenvalue weighted by molar-refractivity contribution is -0.118. The van der Waals surface area contributed by atoms with E-state index in [-0.39, 0.29) is 18.2 Å². The summed E-state index contributed by atoms with van der Waals surface area (Å²) < 4.78 is 19.0. The molecule has 1 N–H and O–H groups in total. The minimum absolute atomic E-state index is 0.0819. The Balaban J connectivity index is 2.31. The van der Waals surface area contributed by atoms with Gasteiger partial charge in [-0.05, 0) is 25.3 Å². The SMILES string of the molecule is CC(CC(C)C)=Nc1cc2c(cc1F)OCC(=O)N2. The van der Waals surface area contributed by atoms with Gasteiger partial charge < -0.3 is 10.1 Å². The number of ether oxygens (including phenoxy) is 1. The number of amides is 1. The van der Waals surface area contributed by atoms with E-state index < -0.39 is 5.82 Å². The minimum atomic E-state index is -0.446. The zero-order valence-electron chi connectivity index (χ0n) is 11.3. The molecule has 2 rings (SSSR count). The Morgan fingerprint density at radius 2 is 2.26 bits per heavy atom. The van der Waals surface area contributed by atoms with Crippen molar-refractivity contribution in [2.45, 2.75) is 27.2 Å². The summed E-state index contributed by atoms with van der Waals surface area (Å²) in [6.07, 6.45) is 0.805. The number of nitrogens with one attached hydrogen (secondary N) is 1. The Morgan fingerprint density at radius 3 is 2.95 bits per heavy atom. The fourth-order valence-corrected chi connectivity index (χ4v) is 2.02. The predicted octanol–water partition coefficient (Wildman–Crippen LogP) is 3.30. The van der Waals surface area contributed by atoms with Gasteiger partial charge in [0.15, 0.2) is 12.4 Å². The van der Waals surface area contributed by atoms with Gasteiger partial charge in [-0.2, -0.15) is 0 Å². The van der Waals surface area contributed by atoms with Gasteiger partial charge in [0, 0.05) is 11.8 Å². The quantitative estimate of drug-likeness (QED) is 0.852. The molecule has 0 radical (unpaired) electrons. The monoisotopic (exact) mass is 264 g/mol. The number of rotatable bonds is 3. The van der Waals surface area contributed by atoms with Crippen molar-refractivity contribution in [3.63, 3.8) is 0 Å². The molecular weight excluding hydrogens is 247 g/mol. The third-order valence-electron chi connectivity index (χ3n) is 2.70. The summed E-state index contributed by atoms with van der Waals surface area (Å²) >= 11 is 0. The summed E-state index contributed by atoms with van der Waals surface area (Å²) in [7, 11) is 0. The second-order valence-corrected chi connectivity index (χ2v) is 5.08. The molecule has 1 aromatic carbocycles. The van der Waals surface area contributed by atoms with Crippen molar-refractivity contribution in [3.05, 3.63) is 17.9 Å². The van der Waals surface area contributed by atoms with Crippen molar-refractivity contribution in [2.24, 2.45) is 10.9 Å². The molecule has 1 aliphatic heterocycles. The predicted molar refractivity (Wildman–Crippen MR) is 72.7 cm³/mol. The second kappa shape index (κ2) is 5.38. The molecule has 0 aliphatic carbocycles. The average Bonchev–Trinajstić information content (AvgIpc) is 2.29. The van der Waals surface area contributed by atoms with E-state index in [2.05, 4.69) is 24.2 Å². The van der Waals surface area contributed by atoms with Gasteiger partial charge in [-0.25, -0.2) is 4.39 Å². The molecule has 102 valence electrons. The summed E-state index contributed by atoms with van der Waals surface area (Å²) in [5.74, 6) is 0.121. The number of nitrogens with zero attached hydrogens (tertiary/aromatic N) is 1. The molecule has 19 heavy (non-hydrogen) atoms. The van der Waals surface area contributed by atoms with Crippen molar-refractivity contribution in [1.82, 2.24) is 0 Å². The summed E-state index contributed by atoms with van der Waals surface area (Å²) in [6, 6.07) is 2.77. The molecule has 4 nitrogen and oxygen atoms in total. The lowest BCUT2D eigenvalue weighted by Crippen LogP contribution is -2.25. The number of aliphatic imine (C=N–C) groups is 1. The largest absolute Gasteiger partial charge is 0.481 e. The summed E-state index contributed by atoms with van der Waals surface area (Å²) in [6.45, 7) is 5.95. The molecule has 0 atom stereocenters. The van der Waals surface area contributed by atoms with E-state index in [1.807, 2.05) is 6.92 Å². The van der Waals surface area contributed by atoms with Gasteiger partial charge in [0.05, 0.1) is 5.69 Å². The van der Waals surface area contributed by atoms with Crippen molar-refractivity contribution >= 4 is 23.0 Å². The molecule has 1 heterocycles. The third-order valence-corrected chi connectivity index (χ3v) is 2.70. The lowest BCUT2D eigenvalue weighted by Gasteiger charge is -2.18. The molecule has 1 amide bonds. The smallest absolute Gasteiger partial charge is 0.262 e. The molecule has 0 unspecified atom stereocenters. The van der Waals surface area contributed by atoms with Crippen LogP contribution in [0.2, 0.25) is 0 Å². The summed E-state index contributed by atoms with van der Waals surface area (Å²) in [5.41, 5.74) is 1.55. The average molecular weight is 264 g/mol. The van der Waals surface area contributed by atoms with Crippen LogP contribution in [-0.4, -0.2) is 18.2 Å². The molecule has 0 aromatic heterocycles. The zero-order valence-corrected chi connectivity index (χ0v) is 11.3. The molecular formula is C14H17FN2O2. The molecule has 0 saturated heterocycles. The van der Waals surface area contributed by atoms with Crippen LogP contribution in [0.25, 0.3) is 0 Å². The Hall–Kier alpha value is -1.91. The van der Waals surface area contributed by atoms with E-state index in [0.29, 0.717) is 17.4 Å². The minimum Gasteiger partial charge on any atom is -0.481 e. The van der Waals surface area contributed by atoms with Gasteiger partial charge in [-0.3, -0.25) is 9.79 Å². The number of anilines is 1. The van der Waals surface area contributed by atoms with Crippen molar-refractivity contribution in [3.8, 4) is 5.75 Å². The fourth-order valence-electron chi connectivity index (χ4n) is 2.02. The number of benzene rings is 1. The van der Waals surface area contributed by atoms with Crippen LogP contribution in [0.1, 0.15) is 27.2 Å². The fraction of sp³-hybridized carbons (Fsp3) is 0.429. The van der Waals surface area contributed by atoms with E-state index in [4.69, 9.17) is 4.74 Å². The molecule has 5 heteroatoms. The van der Waals surface area contributed by atoms with Crippen molar-refractivity contribution < 1.29 is 13.9 Å². The van der Waals surface area contributed by atoms with Crippen LogP contribution < -0.4 is 10.1 Å². The topological polar surface area (TPSA) is 50.7 Å². The summed E-state index contributed by atoms with van der Waals surface area (Å²) in [4.78, 5) is 15.5. The maximum absolute atomic E-state index is 13.9. The van der Waals surface area contributed by atoms with E-state index in [1.165, 1.54) is 12.1 Å². The first-order valence-corrected chi connectivity index (χ1v) is 6.26. The van der Waals surface area contributed by atoms with Crippen LogP contribution in [0, 0.1) is 11.7 Å². The summed E-state index contributed by atoms with van der Waals surface area (Å²) in [5, 5.41) is 2.64. The number of fused-ring (bicyclic) bond motifs is 1. The maximum atomic E-state index is 13.9. The van der Waals surface area contributed by atoms with E-state index in [9.17, 15) is 9.18 Å². The van der Waals surface area contributed by atoms with E-state index in [0.717, 1.165) is 12.1 Å². The molecule has 0 bridgehead atoms. The highest BCUT2D eigenvalue weighted by Crippen LogP contribution is 2.34. The van der Waals surface area contributed by atoms with E-state index >= 15 is 0 Å². The first kappa shape index (κ1) is 13.5. The highest BCUT2D eigenvalue weighted by molar-refractivity contribution is 5.96. The first-order valence-electron chi connectivity index (χ1n) is 6.26. The molecule has 0 saturated carbocycles. The Labute approximate surface area is 111 Å². The standard InChI is InChI=1S/C14H17FN2O2/c1-8(2)4-9(3)16-11-6-12-13(5-10(11)15)19-7-14(18)17-12/h5-6,8H,4,7H2,1-3H3,(H,17,18). The normalized spacial score (nSPS) is 15.0. The van der Waals surface area contributed by atoms with Crippen molar-refractivity contribution in [1.29, 1.82) is 0 Å². The highest BCUT2D eigenvalue weighted by Gasteiger charge is 2.18. The van der Waals surface area contributed by atoms with Crippen molar-refractivity contribution in [2.75, 3.05) is 11.9 Å². The van der Waals surface area contributed by atoms with Gasteiger partial charge in [0.1, 0.15) is 11.4 Å². The second-order valence-electron chi connectivity index (χ2n) is 5.08. The number of hydrogen-bond donors (Lipinski definition) is 1. The Bertz CT molecular complexity index is 538. The molecule has 1 aromatic rings. The molecule has 0 spiro atoms. The van der Waals surface area contributed by atoms with Crippen LogP contribution in [0.15, 0.2) is 17.1 Å². The van der Waals surface area contributed by atoms with E-state index in [1.54, 1.807) is 0 Å². The highest BCUT2D eigenvalue weighted by atomic mass is 19.1. The van der Waals surface area contributed by atoms with Gasteiger partial charge in [-0.15, -0.1) is 0 Å². The molecule has 1 aliphatic rings. The number of hydrogen-bond acceptors (Lipinski definition) is 3. The zero-order chi connectivity index (χ0) is 14.0. The Kier molecular flexibility index (Phi) is 3.83. The Morgan fingerprint density at radius 1 is 1.53 bits per heavy atom. The maximum Gasteiger partial charge on any atom is 0.262 e. The van der Waals surface area contributed by atoms with Crippen LogP contribution in [-0.2, 0) is 4.79 Å².